The Morgan fingerprint density at radius 1 is 1.14 bits per heavy atom. The van der Waals surface area contributed by atoms with Crippen molar-refractivity contribution in [3.8, 4) is 11.5 Å². The van der Waals surface area contributed by atoms with Crippen molar-refractivity contribution in [2.24, 2.45) is 10.9 Å². The molecule has 0 radical (unpaired) electrons. The lowest BCUT2D eigenvalue weighted by Gasteiger charge is -2.29. The number of carbonyl (C=O) groups excluding carboxylic acids is 3. The largest absolute Gasteiger partial charge is 0.454 e. The van der Waals surface area contributed by atoms with E-state index in [2.05, 4.69) is 10.3 Å². The fourth-order valence-electron chi connectivity index (χ4n) is 2.89. The van der Waals surface area contributed by atoms with E-state index in [1.165, 1.54) is 12.3 Å². The smallest absolute Gasteiger partial charge is 0.335 e. The summed E-state index contributed by atoms with van der Waals surface area (Å²) in [5.74, 6) is -1.40. The van der Waals surface area contributed by atoms with Crippen LogP contribution in [0, 0.1) is 5.92 Å². The van der Waals surface area contributed by atoms with Crippen LogP contribution in [-0.2, 0) is 16.1 Å². The van der Waals surface area contributed by atoms with Crippen molar-refractivity contribution in [3.05, 3.63) is 53.1 Å². The van der Waals surface area contributed by atoms with Crippen molar-refractivity contribution < 1.29 is 23.9 Å². The number of fused-ring (bicyclic) bond motifs is 1. The topological polar surface area (TPSA) is 97.3 Å². The van der Waals surface area contributed by atoms with E-state index in [1.807, 2.05) is 6.07 Å². The van der Waals surface area contributed by atoms with E-state index >= 15 is 0 Å². The number of para-hydroxylation sites is 1. The van der Waals surface area contributed by atoms with Crippen molar-refractivity contribution in [2.45, 2.75) is 6.54 Å². The summed E-state index contributed by atoms with van der Waals surface area (Å²) in [5, 5.41) is 2.38. The van der Waals surface area contributed by atoms with E-state index in [1.54, 1.807) is 30.3 Å². The van der Waals surface area contributed by atoms with Gasteiger partial charge in [-0.1, -0.05) is 29.8 Å². The zero-order valence-corrected chi connectivity index (χ0v) is 15.2. The summed E-state index contributed by atoms with van der Waals surface area (Å²) >= 11 is 6.09. The van der Waals surface area contributed by atoms with Crippen molar-refractivity contribution >= 4 is 41.3 Å². The molecule has 9 heteroatoms. The lowest BCUT2D eigenvalue weighted by molar-refractivity contribution is -0.131. The van der Waals surface area contributed by atoms with Gasteiger partial charge in [0.25, 0.3) is 5.91 Å². The molecule has 8 nitrogen and oxygen atoms in total. The average Bonchev–Trinajstić information content (AvgIpc) is 3.13. The van der Waals surface area contributed by atoms with Crippen LogP contribution >= 0.6 is 11.6 Å². The van der Waals surface area contributed by atoms with Gasteiger partial charge in [-0.3, -0.25) is 19.9 Å². The number of nitrogens with one attached hydrogen (secondary N) is 1. The Balaban J connectivity index is 1.52. The molecule has 2 aliphatic rings. The summed E-state index contributed by atoms with van der Waals surface area (Å²) in [6.07, 6.45) is 1.23. The Morgan fingerprint density at radius 2 is 1.93 bits per heavy atom. The van der Waals surface area contributed by atoms with Gasteiger partial charge in [0, 0.05) is 6.21 Å². The first-order valence-corrected chi connectivity index (χ1v) is 8.74. The molecule has 0 aromatic heterocycles. The highest BCUT2D eigenvalue weighted by atomic mass is 35.5. The molecule has 1 unspecified atom stereocenters. The second-order valence-electron chi connectivity index (χ2n) is 6.07. The second kappa shape index (κ2) is 7.32. The number of rotatable bonds is 4. The molecule has 2 aromatic rings. The molecule has 0 spiro atoms. The lowest BCUT2D eigenvalue weighted by Crippen LogP contribution is -2.58. The summed E-state index contributed by atoms with van der Waals surface area (Å²) in [5.41, 5.74) is 1.02. The van der Waals surface area contributed by atoms with Crippen LogP contribution in [-0.4, -0.2) is 30.9 Å². The minimum atomic E-state index is -1.23. The molecule has 0 aliphatic carbocycles. The molecular weight excluding hydrogens is 386 g/mol. The maximum absolute atomic E-state index is 12.8. The highest BCUT2D eigenvalue weighted by Crippen LogP contribution is 2.32. The van der Waals surface area contributed by atoms with Crippen molar-refractivity contribution in [3.63, 3.8) is 0 Å². The number of carbonyl (C=O) groups is 3. The number of hydrogen-bond acceptors (Lipinski definition) is 6. The van der Waals surface area contributed by atoms with Crippen LogP contribution in [0.15, 0.2) is 47.5 Å². The first-order valence-electron chi connectivity index (χ1n) is 8.36. The molecule has 1 N–H and O–H groups in total. The number of amides is 4. The van der Waals surface area contributed by atoms with Gasteiger partial charge in [0.1, 0.15) is 0 Å². The van der Waals surface area contributed by atoms with Crippen molar-refractivity contribution in [1.29, 1.82) is 0 Å². The Hall–Kier alpha value is -3.39. The average molecular weight is 400 g/mol. The van der Waals surface area contributed by atoms with E-state index in [0.29, 0.717) is 11.5 Å². The molecule has 4 amide bonds. The van der Waals surface area contributed by atoms with Crippen LogP contribution in [0.2, 0.25) is 5.02 Å². The van der Waals surface area contributed by atoms with Gasteiger partial charge in [-0.2, -0.15) is 0 Å². The molecule has 0 bridgehead atoms. The van der Waals surface area contributed by atoms with Crippen LogP contribution < -0.4 is 19.7 Å². The van der Waals surface area contributed by atoms with Gasteiger partial charge >= 0.3 is 6.03 Å². The Labute approximate surface area is 164 Å². The number of ether oxygens (including phenoxy) is 2. The number of barbiturate groups is 1. The second-order valence-corrected chi connectivity index (χ2v) is 6.48. The predicted octanol–water partition coefficient (Wildman–Crippen LogP) is 2.54. The normalized spacial score (nSPS) is 18.7. The summed E-state index contributed by atoms with van der Waals surface area (Å²) in [6.45, 7) is 0.401. The van der Waals surface area contributed by atoms with Crippen LogP contribution in [0.25, 0.3) is 0 Å². The summed E-state index contributed by atoms with van der Waals surface area (Å²) < 4.78 is 10.6. The Bertz CT molecular complexity index is 1010. The van der Waals surface area contributed by atoms with Crippen molar-refractivity contribution in [1.82, 2.24) is 5.32 Å². The number of anilines is 1. The van der Waals surface area contributed by atoms with Crippen LogP contribution in [0.5, 0.6) is 11.5 Å². The van der Waals surface area contributed by atoms with Crippen molar-refractivity contribution in [2.75, 3.05) is 11.7 Å². The number of urea groups is 1. The first kappa shape index (κ1) is 18.0. The van der Waals surface area contributed by atoms with Crippen LogP contribution in [0.4, 0.5) is 10.5 Å². The lowest BCUT2D eigenvalue weighted by atomic mass is 10.1. The molecule has 2 aromatic carbocycles. The van der Waals surface area contributed by atoms with E-state index in [-0.39, 0.29) is 24.0 Å². The van der Waals surface area contributed by atoms with Gasteiger partial charge in [0.15, 0.2) is 17.4 Å². The molecule has 142 valence electrons. The number of aliphatic imine (C=N–C) groups is 1. The third-order valence-corrected chi connectivity index (χ3v) is 4.58. The number of imide groups is 2. The highest BCUT2D eigenvalue weighted by Gasteiger charge is 2.41. The monoisotopic (exact) mass is 399 g/mol. The standard InChI is InChI=1S/C19H14ClN3O5/c20-13-3-1-2-4-14(13)23-18(25)12(17(24)22-19(23)26)9-21-8-11-5-6-15-16(7-11)28-10-27-15/h1-7,9,12H,8,10H2,(H,22,24,26). The molecule has 2 aliphatic heterocycles. The van der Waals surface area contributed by atoms with E-state index in [4.69, 9.17) is 21.1 Å². The number of hydrogen-bond donors (Lipinski definition) is 1. The Morgan fingerprint density at radius 3 is 2.75 bits per heavy atom. The van der Waals surface area contributed by atoms with Crippen LogP contribution in [0.1, 0.15) is 5.56 Å². The summed E-state index contributed by atoms with van der Waals surface area (Å²) in [4.78, 5) is 42.1. The van der Waals surface area contributed by atoms with Gasteiger partial charge in [0.05, 0.1) is 17.3 Å². The van der Waals surface area contributed by atoms with Gasteiger partial charge < -0.3 is 9.47 Å². The first-order chi connectivity index (χ1) is 13.5. The highest BCUT2D eigenvalue weighted by molar-refractivity contribution is 6.38. The molecule has 1 atom stereocenters. The minimum Gasteiger partial charge on any atom is -0.454 e. The number of benzene rings is 2. The van der Waals surface area contributed by atoms with E-state index in [0.717, 1.165) is 10.5 Å². The van der Waals surface area contributed by atoms with Gasteiger partial charge in [0.2, 0.25) is 12.7 Å². The summed E-state index contributed by atoms with van der Waals surface area (Å²) in [7, 11) is 0. The summed E-state index contributed by atoms with van der Waals surface area (Å²) in [6, 6.07) is 10.9. The quantitative estimate of drug-likeness (QED) is 0.629. The maximum atomic E-state index is 12.8. The van der Waals surface area contributed by atoms with Crippen LogP contribution in [0.3, 0.4) is 0 Å². The SMILES string of the molecule is O=C1NC(=O)N(c2ccccc2Cl)C(=O)C1C=NCc1ccc2c(c1)OCO2. The third kappa shape index (κ3) is 3.29. The molecule has 28 heavy (non-hydrogen) atoms. The minimum absolute atomic E-state index is 0.171. The fraction of sp³-hybridized carbons (Fsp3) is 0.158. The molecular formula is C19H14ClN3O5. The van der Waals surface area contributed by atoms with Gasteiger partial charge in [-0.15, -0.1) is 0 Å². The molecule has 1 saturated heterocycles. The van der Waals surface area contributed by atoms with E-state index in [9.17, 15) is 14.4 Å². The number of nitrogens with zero attached hydrogens (tertiary/aromatic N) is 2. The fourth-order valence-corrected chi connectivity index (χ4v) is 3.11. The zero-order valence-electron chi connectivity index (χ0n) is 14.4. The third-order valence-electron chi connectivity index (χ3n) is 4.26. The van der Waals surface area contributed by atoms with Gasteiger partial charge in [-0.05, 0) is 29.8 Å². The zero-order chi connectivity index (χ0) is 19.7. The van der Waals surface area contributed by atoms with Gasteiger partial charge in [-0.25, -0.2) is 9.69 Å². The molecule has 0 saturated carbocycles. The molecule has 2 heterocycles. The predicted molar refractivity (Wildman–Crippen MR) is 101 cm³/mol. The maximum Gasteiger partial charge on any atom is 0.335 e. The molecule has 4 rings (SSSR count). The molecule has 1 fully saturated rings. The van der Waals surface area contributed by atoms with E-state index < -0.39 is 23.8 Å². The number of halogens is 1. The Kier molecular flexibility index (Phi) is 4.70.